The van der Waals surface area contributed by atoms with E-state index in [1.54, 1.807) is 32.9 Å². The zero-order valence-corrected chi connectivity index (χ0v) is 13.2. The van der Waals surface area contributed by atoms with E-state index in [1.807, 2.05) is 0 Å². The second-order valence-electron chi connectivity index (χ2n) is 5.23. The number of halogens is 2. The molecule has 0 spiro atoms. The molecule has 2 N–H and O–H groups in total. The number of hydrogen-bond acceptors (Lipinski definition) is 2. The van der Waals surface area contributed by atoms with E-state index in [2.05, 4.69) is 21.2 Å². The number of amides is 1. The molecule has 19 heavy (non-hydrogen) atoms. The number of carbonyl (C=O) groups excluding carboxylic acids is 1. The molecule has 104 valence electrons. The maximum atomic E-state index is 12.1. The highest BCUT2D eigenvalue weighted by atomic mass is 79.9. The topological polar surface area (TPSA) is 66.4 Å². The fourth-order valence-electron chi connectivity index (χ4n) is 1.53. The summed E-state index contributed by atoms with van der Waals surface area (Å²) in [6.45, 7) is 5.25. The Labute approximate surface area is 125 Å². The van der Waals surface area contributed by atoms with E-state index in [1.165, 1.54) is 6.07 Å². The van der Waals surface area contributed by atoms with Crippen molar-refractivity contribution in [2.45, 2.75) is 26.8 Å². The van der Waals surface area contributed by atoms with Crippen molar-refractivity contribution in [3.05, 3.63) is 33.3 Å². The van der Waals surface area contributed by atoms with Crippen LogP contribution in [0.4, 0.5) is 0 Å². The average molecular weight is 349 g/mol. The van der Waals surface area contributed by atoms with E-state index in [9.17, 15) is 14.7 Å². The number of benzene rings is 1. The molecule has 0 aliphatic carbocycles. The van der Waals surface area contributed by atoms with E-state index in [-0.39, 0.29) is 0 Å². The number of rotatable bonds is 3. The summed E-state index contributed by atoms with van der Waals surface area (Å²) < 4.78 is 0.562. The Morgan fingerprint density at radius 1 is 1.37 bits per heavy atom. The molecule has 1 unspecified atom stereocenters. The van der Waals surface area contributed by atoms with E-state index >= 15 is 0 Å². The van der Waals surface area contributed by atoms with Gasteiger partial charge in [0.1, 0.15) is 6.04 Å². The van der Waals surface area contributed by atoms with Gasteiger partial charge in [-0.2, -0.15) is 0 Å². The monoisotopic (exact) mass is 347 g/mol. The van der Waals surface area contributed by atoms with Gasteiger partial charge in [-0.1, -0.05) is 32.4 Å². The molecule has 1 aromatic carbocycles. The Morgan fingerprint density at radius 2 is 1.95 bits per heavy atom. The second-order valence-corrected chi connectivity index (χ2v) is 6.53. The van der Waals surface area contributed by atoms with Crippen molar-refractivity contribution < 1.29 is 14.7 Å². The highest BCUT2D eigenvalue weighted by molar-refractivity contribution is 9.10. The normalized spacial score (nSPS) is 12.9. The molecule has 0 saturated carbocycles. The van der Waals surface area contributed by atoms with Gasteiger partial charge in [-0.3, -0.25) is 4.79 Å². The Balaban J connectivity index is 3.01. The van der Waals surface area contributed by atoms with Crippen LogP contribution in [0.3, 0.4) is 0 Å². The van der Waals surface area contributed by atoms with Gasteiger partial charge in [0.2, 0.25) is 0 Å². The van der Waals surface area contributed by atoms with Crippen molar-refractivity contribution in [1.29, 1.82) is 0 Å². The van der Waals surface area contributed by atoms with Crippen LogP contribution >= 0.6 is 27.5 Å². The maximum Gasteiger partial charge on any atom is 0.326 e. The first-order valence-corrected chi connectivity index (χ1v) is 6.78. The fraction of sp³-hybridized carbons (Fsp3) is 0.385. The van der Waals surface area contributed by atoms with Crippen LogP contribution in [0.5, 0.6) is 0 Å². The lowest BCUT2D eigenvalue weighted by Gasteiger charge is -2.27. The molecule has 0 aliphatic rings. The summed E-state index contributed by atoms with van der Waals surface area (Å²) in [4.78, 5) is 23.3. The van der Waals surface area contributed by atoms with E-state index in [0.29, 0.717) is 15.1 Å². The number of hydrogen-bond donors (Lipinski definition) is 2. The molecule has 0 saturated heterocycles. The van der Waals surface area contributed by atoms with Crippen LogP contribution in [0.2, 0.25) is 5.02 Å². The van der Waals surface area contributed by atoms with Gasteiger partial charge in [0.15, 0.2) is 0 Å². The third kappa shape index (κ3) is 4.21. The van der Waals surface area contributed by atoms with Crippen molar-refractivity contribution >= 4 is 39.4 Å². The molecule has 1 amide bonds. The van der Waals surface area contributed by atoms with Crippen molar-refractivity contribution in [3.8, 4) is 0 Å². The number of carboxylic acids is 1. The van der Waals surface area contributed by atoms with Crippen LogP contribution in [0.15, 0.2) is 22.7 Å². The summed E-state index contributed by atoms with van der Waals surface area (Å²) in [6, 6.07) is 3.79. The molecule has 0 heterocycles. The lowest BCUT2D eigenvalue weighted by Crippen LogP contribution is -2.49. The molecule has 1 rings (SSSR count). The summed E-state index contributed by atoms with van der Waals surface area (Å²) in [5.41, 5.74) is -0.282. The first kappa shape index (κ1) is 16.0. The van der Waals surface area contributed by atoms with E-state index < -0.39 is 23.3 Å². The zero-order chi connectivity index (χ0) is 14.8. The van der Waals surface area contributed by atoms with Gasteiger partial charge in [-0.05, 0) is 39.5 Å². The smallest absolute Gasteiger partial charge is 0.326 e. The Hall–Kier alpha value is -1.07. The third-order valence-corrected chi connectivity index (χ3v) is 3.49. The minimum absolute atomic E-state index is 0.308. The molecule has 0 aliphatic heterocycles. The molecule has 0 bridgehead atoms. The molecular weight excluding hydrogens is 334 g/mol. The fourth-order valence-corrected chi connectivity index (χ4v) is 2.13. The molecule has 1 atom stereocenters. The third-order valence-electron chi connectivity index (χ3n) is 2.56. The lowest BCUT2D eigenvalue weighted by molar-refractivity contribution is -0.142. The lowest BCUT2D eigenvalue weighted by atomic mass is 9.86. The Kier molecular flexibility index (Phi) is 4.98. The van der Waals surface area contributed by atoms with Gasteiger partial charge in [0.05, 0.1) is 5.56 Å². The van der Waals surface area contributed by atoms with Crippen molar-refractivity contribution in [2.24, 2.45) is 5.41 Å². The molecular formula is C13H15BrClNO3. The SMILES string of the molecule is CC(C)(C)C(NC(=O)c1cc(Cl)ccc1Br)C(=O)O. The molecule has 1 aromatic rings. The van der Waals surface area contributed by atoms with Gasteiger partial charge < -0.3 is 10.4 Å². The minimum Gasteiger partial charge on any atom is -0.480 e. The molecule has 0 aromatic heterocycles. The Morgan fingerprint density at radius 3 is 2.42 bits per heavy atom. The van der Waals surface area contributed by atoms with E-state index in [4.69, 9.17) is 11.6 Å². The van der Waals surface area contributed by atoms with Crippen LogP contribution in [0, 0.1) is 5.41 Å². The first-order valence-electron chi connectivity index (χ1n) is 5.61. The summed E-state index contributed by atoms with van der Waals surface area (Å²) >= 11 is 9.07. The molecule has 0 fully saturated rings. The van der Waals surface area contributed by atoms with Crippen molar-refractivity contribution in [1.82, 2.24) is 5.32 Å². The van der Waals surface area contributed by atoms with Gasteiger partial charge in [-0.25, -0.2) is 4.79 Å². The van der Waals surface area contributed by atoms with Crippen LogP contribution in [-0.2, 0) is 4.79 Å². The maximum absolute atomic E-state index is 12.1. The summed E-state index contributed by atoms with van der Waals surface area (Å²) in [6.07, 6.45) is 0. The summed E-state index contributed by atoms with van der Waals surface area (Å²) in [5, 5.41) is 12.1. The summed E-state index contributed by atoms with van der Waals surface area (Å²) in [5.74, 6) is -1.55. The molecule has 4 nitrogen and oxygen atoms in total. The van der Waals surface area contributed by atoms with Crippen LogP contribution < -0.4 is 5.32 Å². The van der Waals surface area contributed by atoms with Gasteiger partial charge in [0.25, 0.3) is 5.91 Å². The number of nitrogens with one attached hydrogen (secondary N) is 1. The quantitative estimate of drug-likeness (QED) is 0.880. The van der Waals surface area contributed by atoms with Gasteiger partial charge >= 0.3 is 5.97 Å². The van der Waals surface area contributed by atoms with Crippen molar-refractivity contribution in [3.63, 3.8) is 0 Å². The Bertz CT molecular complexity index is 511. The predicted molar refractivity (Wildman–Crippen MR) is 77.5 cm³/mol. The first-order chi connectivity index (χ1) is 8.62. The van der Waals surface area contributed by atoms with Crippen LogP contribution in [0.25, 0.3) is 0 Å². The molecule has 0 radical (unpaired) electrons. The largest absolute Gasteiger partial charge is 0.480 e. The van der Waals surface area contributed by atoms with Crippen LogP contribution in [-0.4, -0.2) is 23.0 Å². The number of aliphatic carboxylic acids is 1. The minimum atomic E-state index is -1.07. The number of carbonyl (C=O) groups is 2. The second kappa shape index (κ2) is 5.92. The zero-order valence-electron chi connectivity index (χ0n) is 10.8. The van der Waals surface area contributed by atoms with Crippen LogP contribution in [0.1, 0.15) is 31.1 Å². The molecule has 6 heteroatoms. The standard InChI is InChI=1S/C13H15BrClNO3/c1-13(2,3)10(12(18)19)16-11(17)8-6-7(15)4-5-9(8)14/h4-6,10H,1-3H3,(H,16,17)(H,18,19). The summed E-state index contributed by atoms with van der Waals surface area (Å²) in [7, 11) is 0. The number of carboxylic acid groups (broad SMARTS) is 1. The van der Waals surface area contributed by atoms with E-state index in [0.717, 1.165) is 0 Å². The highest BCUT2D eigenvalue weighted by Crippen LogP contribution is 2.23. The average Bonchev–Trinajstić information content (AvgIpc) is 2.26. The van der Waals surface area contributed by atoms with Gasteiger partial charge in [0, 0.05) is 9.50 Å². The van der Waals surface area contributed by atoms with Gasteiger partial charge in [-0.15, -0.1) is 0 Å². The van der Waals surface area contributed by atoms with Crippen molar-refractivity contribution in [2.75, 3.05) is 0 Å². The predicted octanol–water partition coefficient (Wildman–Crippen LogP) is 3.33. The highest BCUT2D eigenvalue weighted by Gasteiger charge is 2.33.